The van der Waals surface area contributed by atoms with E-state index in [9.17, 15) is 8.78 Å². The number of benzene rings is 1. The zero-order valence-electron chi connectivity index (χ0n) is 10.2. The number of rotatable bonds is 2. The molecule has 0 spiro atoms. The van der Waals surface area contributed by atoms with Crippen LogP contribution in [0.25, 0.3) is 0 Å². The summed E-state index contributed by atoms with van der Waals surface area (Å²) in [5, 5.41) is 0. The molecule has 2 atom stereocenters. The van der Waals surface area contributed by atoms with Crippen molar-refractivity contribution in [3.63, 3.8) is 0 Å². The van der Waals surface area contributed by atoms with Crippen molar-refractivity contribution in [2.75, 3.05) is 14.1 Å². The van der Waals surface area contributed by atoms with Gasteiger partial charge in [-0.05, 0) is 18.6 Å². The lowest BCUT2D eigenvalue weighted by molar-refractivity contribution is 0.554. The van der Waals surface area contributed by atoms with Crippen molar-refractivity contribution in [2.24, 2.45) is 10.7 Å². The number of hydrogen-bond donors (Lipinski definition) is 1. The minimum absolute atomic E-state index is 0. The molecule has 2 rings (SSSR count). The van der Waals surface area contributed by atoms with Crippen LogP contribution in [0.15, 0.2) is 23.2 Å². The molecule has 0 bridgehead atoms. The van der Waals surface area contributed by atoms with Gasteiger partial charge >= 0.3 is 0 Å². The second-order valence-corrected chi connectivity index (χ2v) is 4.43. The Morgan fingerprint density at radius 3 is 2.39 bits per heavy atom. The lowest BCUT2D eigenvalue weighted by Gasteiger charge is -2.10. The van der Waals surface area contributed by atoms with E-state index < -0.39 is 11.6 Å². The first-order valence-corrected chi connectivity index (χ1v) is 5.45. The maximum atomic E-state index is 13.5. The standard InChI is InChI=1S/C12H15F2N3.HI/c1-17(2)12(15)16-10-6-7(10)11-8(13)4-3-5-9(11)14;/h3-5,7,10H,6H2,1-2H3,(H2,15,16);1H. The monoisotopic (exact) mass is 367 g/mol. The Balaban J connectivity index is 0.00000162. The molecule has 18 heavy (non-hydrogen) atoms. The maximum absolute atomic E-state index is 13.5. The summed E-state index contributed by atoms with van der Waals surface area (Å²) in [6.07, 6.45) is 0.645. The Morgan fingerprint density at radius 2 is 1.89 bits per heavy atom. The van der Waals surface area contributed by atoms with Crippen LogP contribution >= 0.6 is 24.0 Å². The van der Waals surface area contributed by atoms with Crippen molar-refractivity contribution >= 4 is 29.9 Å². The zero-order valence-corrected chi connectivity index (χ0v) is 12.6. The molecule has 3 nitrogen and oxygen atoms in total. The molecule has 1 fully saturated rings. The highest BCUT2D eigenvalue weighted by atomic mass is 127. The van der Waals surface area contributed by atoms with Gasteiger partial charge in [0.25, 0.3) is 0 Å². The van der Waals surface area contributed by atoms with Crippen molar-refractivity contribution < 1.29 is 8.78 Å². The van der Waals surface area contributed by atoms with Crippen molar-refractivity contribution in [1.82, 2.24) is 4.90 Å². The van der Waals surface area contributed by atoms with Crippen molar-refractivity contribution in [3.8, 4) is 0 Å². The molecule has 0 amide bonds. The van der Waals surface area contributed by atoms with Crippen LogP contribution in [-0.2, 0) is 0 Å². The second kappa shape index (κ2) is 5.81. The van der Waals surface area contributed by atoms with E-state index in [0.717, 1.165) is 0 Å². The van der Waals surface area contributed by atoms with E-state index >= 15 is 0 Å². The average molecular weight is 367 g/mol. The van der Waals surface area contributed by atoms with Crippen LogP contribution in [0.2, 0.25) is 0 Å². The quantitative estimate of drug-likeness (QED) is 0.495. The Labute approximate surface area is 122 Å². The average Bonchev–Trinajstić information content (AvgIpc) is 2.96. The maximum Gasteiger partial charge on any atom is 0.191 e. The Hall–Kier alpha value is -0.920. The van der Waals surface area contributed by atoms with Crippen LogP contribution in [0.4, 0.5) is 8.78 Å². The molecule has 0 saturated heterocycles. The minimum Gasteiger partial charge on any atom is -0.370 e. The third kappa shape index (κ3) is 3.09. The van der Waals surface area contributed by atoms with Gasteiger partial charge in [0.2, 0.25) is 0 Å². The van der Waals surface area contributed by atoms with Crippen LogP contribution in [0.3, 0.4) is 0 Å². The molecular formula is C12H16F2IN3. The fraction of sp³-hybridized carbons (Fsp3) is 0.417. The van der Waals surface area contributed by atoms with Gasteiger partial charge in [0, 0.05) is 25.6 Å². The van der Waals surface area contributed by atoms with Gasteiger partial charge < -0.3 is 10.6 Å². The predicted molar refractivity (Wildman–Crippen MR) is 78.2 cm³/mol. The van der Waals surface area contributed by atoms with E-state index in [1.54, 1.807) is 19.0 Å². The van der Waals surface area contributed by atoms with Crippen LogP contribution < -0.4 is 5.73 Å². The summed E-state index contributed by atoms with van der Waals surface area (Å²) in [5.41, 5.74) is 5.79. The van der Waals surface area contributed by atoms with E-state index in [4.69, 9.17) is 5.73 Å². The zero-order chi connectivity index (χ0) is 12.6. The molecule has 0 radical (unpaired) electrons. The molecular weight excluding hydrogens is 351 g/mol. The van der Waals surface area contributed by atoms with E-state index in [0.29, 0.717) is 12.4 Å². The molecule has 0 aromatic heterocycles. The molecule has 1 aromatic rings. The molecule has 100 valence electrons. The van der Waals surface area contributed by atoms with E-state index in [-0.39, 0.29) is 41.5 Å². The lowest BCUT2D eigenvalue weighted by atomic mass is 10.1. The summed E-state index contributed by atoms with van der Waals surface area (Å²) < 4.78 is 27.0. The topological polar surface area (TPSA) is 41.6 Å². The van der Waals surface area contributed by atoms with Gasteiger partial charge in [0.15, 0.2) is 5.96 Å². The normalized spacial score (nSPS) is 22.3. The Morgan fingerprint density at radius 1 is 1.33 bits per heavy atom. The van der Waals surface area contributed by atoms with Crippen LogP contribution in [0.5, 0.6) is 0 Å². The van der Waals surface area contributed by atoms with E-state index in [1.807, 2.05) is 0 Å². The summed E-state index contributed by atoms with van der Waals surface area (Å²) in [5.74, 6) is -0.809. The largest absolute Gasteiger partial charge is 0.370 e. The molecule has 6 heteroatoms. The SMILES string of the molecule is CN(C)C(N)=NC1CC1c1c(F)cccc1F.I. The smallest absolute Gasteiger partial charge is 0.191 e. The van der Waals surface area contributed by atoms with Gasteiger partial charge in [-0.2, -0.15) is 0 Å². The fourth-order valence-corrected chi connectivity index (χ4v) is 1.78. The molecule has 2 unspecified atom stereocenters. The minimum atomic E-state index is -0.504. The summed E-state index contributed by atoms with van der Waals surface area (Å²) in [4.78, 5) is 5.89. The van der Waals surface area contributed by atoms with E-state index in [2.05, 4.69) is 4.99 Å². The van der Waals surface area contributed by atoms with Gasteiger partial charge in [-0.15, -0.1) is 24.0 Å². The van der Waals surface area contributed by atoms with Gasteiger partial charge in [-0.3, -0.25) is 0 Å². The molecule has 1 aliphatic carbocycles. The lowest BCUT2D eigenvalue weighted by Crippen LogP contribution is -2.30. The van der Waals surface area contributed by atoms with Crippen LogP contribution in [-0.4, -0.2) is 31.0 Å². The number of halogens is 3. The third-order valence-electron chi connectivity index (χ3n) is 2.88. The summed E-state index contributed by atoms with van der Waals surface area (Å²) in [7, 11) is 3.56. The molecule has 1 aliphatic rings. The molecule has 2 N–H and O–H groups in total. The summed E-state index contributed by atoms with van der Waals surface area (Å²) in [6, 6.07) is 3.80. The van der Waals surface area contributed by atoms with Crippen LogP contribution in [0.1, 0.15) is 17.9 Å². The van der Waals surface area contributed by atoms with Crippen molar-refractivity contribution in [3.05, 3.63) is 35.4 Å². The highest BCUT2D eigenvalue weighted by molar-refractivity contribution is 14.0. The highest BCUT2D eigenvalue weighted by Crippen LogP contribution is 2.45. The predicted octanol–water partition coefficient (Wildman–Crippen LogP) is 2.32. The Kier molecular flexibility index (Phi) is 4.89. The second-order valence-electron chi connectivity index (χ2n) is 4.43. The summed E-state index contributed by atoms with van der Waals surface area (Å²) >= 11 is 0. The molecule has 0 heterocycles. The van der Waals surface area contributed by atoms with Crippen molar-refractivity contribution in [2.45, 2.75) is 18.4 Å². The number of nitrogens with zero attached hydrogens (tertiary/aromatic N) is 2. The molecule has 0 aliphatic heterocycles. The highest BCUT2D eigenvalue weighted by Gasteiger charge is 2.42. The number of aliphatic imine (C=N–C) groups is 1. The van der Waals surface area contributed by atoms with E-state index in [1.165, 1.54) is 18.2 Å². The molecule has 1 saturated carbocycles. The first kappa shape index (κ1) is 15.1. The number of nitrogens with two attached hydrogens (primary N) is 1. The third-order valence-corrected chi connectivity index (χ3v) is 2.88. The molecule has 1 aromatic carbocycles. The first-order valence-electron chi connectivity index (χ1n) is 5.45. The number of hydrogen-bond acceptors (Lipinski definition) is 1. The Bertz CT molecular complexity index is 442. The van der Waals surface area contributed by atoms with Gasteiger partial charge in [-0.1, -0.05) is 6.07 Å². The van der Waals surface area contributed by atoms with Gasteiger partial charge in [0.05, 0.1) is 6.04 Å². The first-order chi connectivity index (χ1) is 8.00. The van der Waals surface area contributed by atoms with Crippen LogP contribution in [0, 0.1) is 11.6 Å². The summed E-state index contributed by atoms with van der Waals surface area (Å²) in [6.45, 7) is 0. The number of guanidine groups is 1. The van der Waals surface area contributed by atoms with Gasteiger partial charge in [-0.25, -0.2) is 13.8 Å². The fourth-order valence-electron chi connectivity index (χ4n) is 1.78. The van der Waals surface area contributed by atoms with Gasteiger partial charge in [0.1, 0.15) is 11.6 Å². The van der Waals surface area contributed by atoms with Crippen molar-refractivity contribution in [1.29, 1.82) is 0 Å².